The smallest absolute Gasteiger partial charge is 0.326 e. The van der Waals surface area contributed by atoms with Crippen LogP contribution in [0.15, 0.2) is 12.5 Å². The first-order valence-corrected chi connectivity index (χ1v) is 6.35. The van der Waals surface area contributed by atoms with Crippen molar-refractivity contribution < 1.29 is 19.8 Å². The highest BCUT2D eigenvalue weighted by molar-refractivity contribution is 5.83. The number of rotatable bonds is 4. The number of aromatic amines is 1. The first kappa shape index (κ1) is 14.3. The van der Waals surface area contributed by atoms with Crippen LogP contribution in [0.2, 0.25) is 0 Å². The maximum atomic E-state index is 12.0. The van der Waals surface area contributed by atoms with Gasteiger partial charge < -0.3 is 25.4 Å². The number of nitrogens with one attached hydrogen (secondary N) is 2. The summed E-state index contributed by atoms with van der Waals surface area (Å²) < 4.78 is 0. The van der Waals surface area contributed by atoms with Crippen molar-refractivity contribution in [3.63, 3.8) is 0 Å². The standard InChI is InChI=1S/C12H18N4O4/c1-12(20)2-3-16(6-12)11(19)15-9(10(17)18)4-8-5-13-7-14-8/h5,7,9,20H,2-4,6H2,1H3,(H,13,14)(H,15,19)(H,17,18). The van der Waals surface area contributed by atoms with Gasteiger partial charge in [0.1, 0.15) is 6.04 Å². The zero-order valence-corrected chi connectivity index (χ0v) is 11.2. The van der Waals surface area contributed by atoms with Gasteiger partial charge >= 0.3 is 12.0 Å². The first-order chi connectivity index (χ1) is 9.37. The van der Waals surface area contributed by atoms with Crippen LogP contribution in [-0.4, -0.2) is 61.8 Å². The largest absolute Gasteiger partial charge is 0.480 e. The number of carbonyl (C=O) groups is 2. The SMILES string of the molecule is CC1(O)CCN(C(=O)NC(Cc2cnc[nH]2)C(=O)O)C1. The van der Waals surface area contributed by atoms with E-state index in [-0.39, 0.29) is 13.0 Å². The van der Waals surface area contributed by atoms with Gasteiger partial charge in [-0.05, 0) is 13.3 Å². The number of nitrogens with zero attached hydrogens (tertiary/aromatic N) is 2. The van der Waals surface area contributed by atoms with Gasteiger partial charge in [-0.25, -0.2) is 14.6 Å². The number of urea groups is 1. The second kappa shape index (κ2) is 5.49. The van der Waals surface area contributed by atoms with Gasteiger partial charge in [0.05, 0.1) is 18.5 Å². The molecule has 0 saturated carbocycles. The molecule has 4 N–H and O–H groups in total. The number of β-amino-alcohol motifs (C(OH)–C–C–N with tert-alkyl or cyclic N) is 1. The molecule has 1 saturated heterocycles. The topological polar surface area (TPSA) is 119 Å². The molecule has 0 bridgehead atoms. The molecule has 1 aromatic rings. The van der Waals surface area contributed by atoms with E-state index >= 15 is 0 Å². The zero-order chi connectivity index (χ0) is 14.8. The van der Waals surface area contributed by atoms with E-state index in [0.29, 0.717) is 18.7 Å². The molecule has 1 aliphatic heterocycles. The highest BCUT2D eigenvalue weighted by Crippen LogP contribution is 2.20. The Balaban J connectivity index is 1.95. The molecule has 2 unspecified atom stereocenters. The third-order valence-corrected chi connectivity index (χ3v) is 3.31. The summed E-state index contributed by atoms with van der Waals surface area (Å²) in [6.45, 7) is 2.27. The van der Waals surface area contributed by atoms with E-state index in [2.05, 4.69) is 15.3 Å². The van der Waals surface area contributed by atoms with Crippen molar-refractivity contribution in [3.8, 4) is 0 Å². The van der Waals surface area contributed by atoms with Crippen LogP contribution in [0.1, 0.15) is 19.0 Å². The van der Waals surface area contributed by atoms with Crippen molar-refractivity contribution in [1.29, 1.82) is 0 Å². The van der Waals surface area contributed by atoms with Crippen molar-refractivity contribution in [1.82, 2.24) is 20.2 Å². The molecule has 1 aliphatic rings. The summed E-state index contributed by atoms with van der Waals surface area (Å²) in [5, 5.41) is 21.4. The maximum absolute atomic E-state index is 12.0. The zero-order valence-electron chi connectivity index (χ0n) is 11.2. The van der Waals surface area contributed by atoms with Gasteiger partial charge in [0.2, 0.25) is 0 Å². The number of imidazole rings is 1. The Kier molecular flexibility index (Phi) is 3.93. The van der Waals surface area contributed by atoms with Gasteiger partial charge in [0.25, 0.3) is 0 Å². The van der Waals surface area contributed by atoms with Gasteiger partial charge in [-0.1, -0.05) is 0 Å². The molecule has 20 heavy (non-hydrogen) atoms. The van der Waals surface area contributed by atoms with Crippen LogP contribution in [0.5, 0.6) is 0 Å². The number of hydrogen-bond acceptors (Lipinski definition) is 4. The number of aromatic nitrogens is 2. The third kappa shape index (κ3) is 3.47. The second-order valence-corrected chi connectivity index (χ2v) is 5.29. The van der Waals surface area contributed by atoms with Crippen molar-refractivity contribution in [2.45, 2.75) is 31.4 Å². The number of likely N-dealkylation sites (tertiary alicyclic amines) is 1. The second-order valence-electron chi connectivity index (χ2n) is 5.29. The van der Waals surface area contributed by atoms with Crippen molar-refractivity contribution in [2.24, 2.45) is 0 Å². The van der Waals surface area contributed by atoms with Crippen molar-refractivity contribution >= 4 is 12.0 Å². The number of carbonyl (C=O) groups excluding carboxylic acids is 1. The molecule has 0 aliphatic carbocycles. The molecule has 8 heteroatoms. The molecule has 0 radical (unpaired) electrons. The summed E-state index contributed by atoms with van der Waals surface area (Å²) in [5.74, 6) is -1.11. The van der Waals surface area contributed by atoms with Gasteiger partial charge in [-0.2, -0.15) is 0 Å². The number of H-pyrrole nitrogens is 1. The van der Waals surface area contributed by atoms with Crippen molar-refractivity contribution in [3.05, 3.63) is 18.2 Å². The number of aliphatic hydroxyl groups is 1. The highest BCUT2D eigenvalue weighted by atomic mass is 16.4. The summed E-state index contributed by atoms with van der Waals surface area (Å²) in [7, 11) is 0. The van der Waals surface area contributed by atoms with Crippen LogP contribution < -0.4 is 5.32 Å². The van der Waals surface area contributed by atoms with Crippen LogP contribution >= 0.6 is 0 Å². The molecule has 1 fully saturated rings. The van der Waals surface area contributed by atoms with E-state index in [4.69, 9.17) is 5.11 Å². The van der Waals surface area contributed by atoms with Crippen LogP contribution in [0.25, 0.3) is 0 Å². The summed E-state index contributed by atoms with van der Waals surface area (Å²) in [4.78, 5) is 31.2. The van der Waals surface area contributed by atoms with Crippen LogP contribution in [-0.2, 0) is 11.2 Å². The quantitative estimate of drug-likeness (QED) is 0.597. The van der Waals surface area contributed by atoms with Gasteiger partial charge in [0, 0.05) is 24.9 Å². The molecule has 2 heterocycles. The fourth-order valence-electron chi connectivity index (χ4n) is 2.18. The van der Waals surface area contributed by atoms with E-state index in [1.807, 2.05) is 0 Å². The summed E-state index contributed by atoms with van der Waals surface area (Å²) >= 11 is 0. The van der Waals surface area contributed by atoms with E-state index < -0.39 is 23.6 Å². The number of hydrogen-bond donors (Lipinski definition) is 4. The summed E-state index contributed by atoms with van der Waals surface area (Å²) in [6.07, 6.45) is 3.58. The Hall–Kier alpha value is -2.09. The lowest BCUT2D eigenvalue weighted by atomic mass is 10.1. The predicted octanol–water partition coefficient (Wildman–Crippen LogP) is -0.428. The van der Waals surface area contributed by atoms with Gasteiger partial charge in [-0.3, -0.25) is 0 Å². The molecule has 0 aromatic carbocycles. The highest BCUT2D eigenvalue weighted by Gasteiger charge is 2.35. The minimum Gasteiger partial charge on any atom is -0.480 e. The fourth-order valence-corrected chi connectivity index (χ4v) is 2.18. The molecule has 110 valence electrons. The monoisotopic (exact) mass is 282 g/mol. The Labute approximate surface area is 115 Å². The van der Waals surface area contributed by atoms with E-state index in [9.17, 15) is 14.7 Å². The Morgan fingerprint density at radius 1 is 1.65 bits per heavy atom. The van der Waals surface area contributed by atoms with E-state index in [1.165, 1.54) is 17.4 Å². The van der Waals surface area contributed by atoms with Crippen LogP contribution in [0, 0.1) is 0 Å². The number of carboxylic acid groups (broad SMARTS) is 1. The molecule has 8 nitrogen and oxygen atoms in total. The molecule has 2 rings (SSSR count). The van der Waals surface area contributed by atoms with Crippen molar-refractivity contribution in [2.75, 3.05) is 13.1 Å². The predicted molar refractivity (Wildman–Crippen MR) is 69.1 cm³/mol. The van der Waals surface area contributed by atoms with E-state index in [0.717, 1.165) is 0 Å². The summed E-state index contributed by atoms with van der Waals surface area (Å²) in [5.41, 5.74) is -0.273. The lowest BCUT2D eigenvalue weighted by Crippen LogP contribution is -2.49. The first-order valence-electron chi connectivity index (χ1n) is 6.35. The Bertz CT molecular complexity index is 486. The molecular formula is C12H18N4O4. The summed E-state index contributed by atoms with van der Waals surface area (Å²) in [6, 6.07) is -1.51. The maximum Gasteiger partial charge on any atom is 0.326 e. The number of amides is 2. The third-order valence-electron chi connectivity index (χ3n) is 3.31. The number of carboxylic acids is 1. The Morgan fingerprint density at radius 2 is 2.40 bits per heavy atom. The average Bonchev–Trinajstić information content (AvgIpc) is 2.97. The van der Waals surface area contributed by atoms with Gasteiger partial charge in [-0.15, -0.1) is 0 Å². The molecule has 0 spiro atoms. The lowest BCUT2D eigenvalue weighted by molar-refractivity contribution is -0.139. The Morgan fingerprint density at radius 3 is 2.90 bits per heavy atom. The minimum atomic E-state index is -1.11. The number of aliphatic carboxylic acids is 1. The van der Waals surface area contributed by atoms with Crippen LogP contribution in [0.4, 0.5) is 4.79 Å². The molecule has 1 aromatic heterocycles. The lowest BCUT2D eigenvalue weighted by Gasteiger charge is -2.22. The van der Waals surface area contributed by atoms with E-state index in [1.54, 1.807) is 6.92 Å². The van der Waals surface area contributed by atoms with Crippen LogP contribution in [0.3, 0.4) is 0 Å². The fraction of sp³-hybridized carbons (Fsp3) is 0.583. The minimum absolute atomic E-state index is 0.130. The molecule has 2 atom stereocenters. The molecule has 2 amide bonds. The normalized spacial score (nSPS) is 23.6. The van der Waals surface area contributed by atoms with Gasteiger partial charge in [0.15, 0.2) is 0 Å². The average molecular weight is 282 g/mol. The molecular weight excluding hydrogens is 264 g/mol.